The molecule has 0 bridgehead atoms. The molecular formula is C16H23NO2S. The van der Waals surface area contributed by atoms with Crippen LogP contribution in [-0.2, 0) is 0 Å². The highest BCUT2D eigenvalue weighted by atomic mass is 32.2. The molecule has 1 saturated carbocycles. The van der Waals surface area contributed by atoms with Crippen LogP contribution in [0.4, 0.5) is 0 Å². The van der Waals surface area contributed by atoms with E-state index in [1.54, 1.807) is 11.8 Å². The molecule has 2 unspecified atom stereocenters. The zero-order valence-corrected chi connectivity index (χ0v) is 13.0. The summed E-state index contributed by atoms with van der Waals surface area (Å²) < 4.78 is 0. The molecule has 1 fully saturated rings. The molecule has 0 radical (unpaired) electrons. The maximum atomic E-state index is 12.5. The number of benzene rings is 1. The molecule has 1 aliphatic rings. The number of rotatable bonds is 4. The summed E-state index contributed by atoms with van der Waals surface area (Å²) in [5.74, 6) is 0.477. The summed E-state index contributed by atoms with van der Waals surface area (Å²) in [6.07, 6.45) is 5.93. The van der Waals surface area contributed by atoms with Crippen molar-refractivity contribution in [1.29, 1.82) is 0 Å². The first-order chi connectivity index (χ1) is 9.60. The SMILES string of the molecule is CSc1ccccc1C(=O)NC1(CO)CCCC(C)C1. The lowest BCUT2D eigenvalue weighted by atomic mass is 9.76. The van der Waals surface area contributed by atoms with Gasteiger partial charge >= 0.3 is 0 Å². The van der Waals surface area contributed by atoms with Crippen LogP contribution in [-0.4, -0.2) is 29.4 Å². The van der Waals surface area contributed by atoms with Gasteiger partial charge in [-0.3, -0.25) is 4.79 Å². The second kappa shape index (κ2) is 6.64. The Labute approximate surface area is 125 Å². The Hall–Kier alpha value is -1.00. The normalized spacial score (nSPS) is 26.2. The summed E-state index contributed by atoms with van der Waals surface area (Å²) in [5, 5.41) is 12.9. The molecule has 0 aliphatic heterocycles. The number of thioether (sulfide) groups is 1. The van der Waals surface area contributed by atoms with Gasteiger partial charge in [-0.25, -0.2) is 0 Å². The van der Waals surface area contributed by atoms with E-state index in [-0.39, 0.29) is 12.5 Å². The predicted molar refractivity (Wildman–Crippen MR) is 83.1 cm³/mol. The van der Waals surface area contributed by atoms with Crippen LogP contribution < -0.4 is 5.32 Å². The average molecular weight is 293 g/mol. The molecule has 0 aromatic heterocycles. The third-order valence-electron chi connectivity index (χ3n) is 4.12. The van der Waals surface area contributed by atoms with E-state index < -0.39 is 5.54 Å². The van der Waals surface area contributed by atoms with E-state index >= 15 is 0 Å². The largest absolute Gasteiger partial charge is 0.394 e. The fourth-order valence-electron chi connectivity index (χ4n) is 3.10. The molecule has 4 heteroatoms. The molecule has 1 aromatic carbocycles. The van der Waals surface area contributed by atoms with Gasteiger partial charge in [-0.15, -0.1) is 11.8 Å². The van der Waals surface area contributed by atoms with Crippen molar-refractivity contribution in [2.75, 3.05) is 12.9 Å². The first-order valence-electron chi connectivity index (χ1n) is 7.16. The quantitative estimate of drug-likeness (QED) is 0.839. The van der Waals surface area contributed by atoms with Crippen molar-refractivity contribution >= 4 is 17.7 Å². The molecule has 3 nitrogen and oxygen atoms in total. The van der Waals surface area contributed by atoms with Gasteiger partial charge in [0.25, 0.3) is 5.91 Å². The highest BCUT2D eigenvalue weighted by Crippen LogP contribution is 2.32. The maximum Gasteiger partial charge on any atom is 0.252 e. The van der Waals surface area contributed by atoms with Crippen LogP contribution in [0.3, 0.4) is 0 Å². The van der Waals surface area contributed by atoms with Crippen molar-refractivity contribution in [2.45, 2.75) is 43.0 Å². The molecule has 2 N–H and O–H groups in total. The average Bonchev–Trinajstić information content (AvgIpc) is 2.47. The maximum absolute atomic E-state index is 12.5. The fourth-order valence-corrected chi connectivity index (χ4v) is 3.69. The number of carbonyl (C=O) groups is 1. The molecule has 20 heavy (non-hydrogen) atoms. The van der Waals surface area contributed by atoms with E-state index in [0.717, 1.165) is 24.2 Å². The number of aliphatic hydroxyl groups excluding tert-OH is 1. The lowest BCUT2D eigenvalue weighted by Crippen LogP contribution is -2.53. The molecular weight excluding hydrogens is 270 g/mol. The predicted octanol–water partition coefficient (Wildman–Crippen LogP) is 3.08. The van der Waals surface area contributed by atoms with E-state index in [9.17, 15) is 9.90 Å². The van der Waals surface area contributed by atoms with Gasteiger partial charge in [-0.1, -0.05) is 31.9 Å². The summed E-state index contributed by atoms with van der Waals surface area (Å²) >= 11 is 1.57. The molecule has 0 spiro atoms. The van der Waals surface area contributed by atoms with E-state index in [4.69, 9.17) is 0 Å². The van der Waals surface area contributed by atoms with E-state index in [1.807, 2.05) is 30.5 Å². The number of nitrogens with one attached hydrogen (secondary N) is 1. The lowest BCUT2D eigenvalue weighted by Gasteiger charge is -2.39. The summed E-state index contributed by atoms with van der Waals surface area (Å²) in [5.41, 5.74) is 0.256. The van der Waals surface area contributed by atoms with Crippen LogP contribution >= 0.6 is 11.8 Å². The van der Waals surface area contributed by atoms with Crippen molar-refractivity contribution in [3.63, 3.8) is 0 Å². The minimum atomic E-state index is -0.444. The van der Waals surface area contributed by atoms with Crippen molar-refractivity contribution in [3.8, 4) is 0 Å². The Bertz CT molecular complexity index is 477. The van der Waals surface area contributed by atoms with Gasteiger partial charge in [-0.05, 0) is 37.1 Å². The third kappa shape index (κ3) is 3.36. The van der Waals surface area contributed by atoms with Crippen molar-refractivity contribution in [1.82, 2.24) is 5.32 Å². The van der Waals surface area contributed by atoms with Crippen LogP contribution in [0.15, 0.2) is 29.2 Å². The van der Waals surface area contributed by atoms with Gasteiger partial charge in [-0.2, -0.15) is 0 Å². The van der Waals surface area contributed by atoms with Crippen LogP contribution in [0.5, 0.6) is 0 Å². The Morgan fingerprint density at radius 3 is 2.90 bits per heavy atom. The summed E-state index contributed by atoms with van der Waals surface area (Å²) in [7, 11) is 0. The van der Waals surface area contributed by atoms with Crippen LogP contribution in [0.1, 0.15) is 43.0 Å². The molecule has 1 aromatic rings. The molecule has 110 valence electrons. The second-order valence-electron chi connectivity index (χ2n) is 5.79. The fraction of sp³-hybridized carbons (Fsp3) is 0.562. The summed E-state index contributed by atoms with van der Waals surface area (Å²) in [4.78, 5) is 13.5. The number of hydrogen-bond donors (Lipinski definition) is 2. The van der Waals surface area contributed by atoms with Gasteiger partial charge in [0.1, 0.15) is 0 Å². The van der Waals surface area contributed by atoms with Gasteiger partial charge in [0, 0.05) is 4.90 Å². The number of aliphatic hydroxyl groups is 1. The highest BCUT2D eigenvalue weighted by molar-refractivity contribution is 7.98. The molecule has 2 rings (SSSR count). The first kappa shape index (κ1) is 15.4. The van der Waals surface area contributed by atoms with Crippen molar-refractivity contribution in [3.05, 3.63) is 29.8 Å². The molecule has 0 heterocycles. The van der Waals surface area contributed by atoms with Crippen LogP contribution in [0.25, 0.3) is 0 Å². The zero-order valence-electron chi connectivity index (χ0n) is 12.2. The van der Waals surface area contributed by atoms with Gasteiger partial charge < -0.3 is 10.4 Å². The standard InChI is InChI=1S/C16H23NO2S/c1-12-6-5-9-16(10-12,11-18)17-15(19)13-7-3-4-8-14(13)20-2/h3-4,7-8,12,18H,5-6,9-11H2,1-2H3,(H,17,19). The second-order valence-corrected chi connectivity index (χ2v) is 6.64. The summed E-state index contributed by atoms with van der Waals surface area (Å²) in [6.45, 7) is 2.20. The van der Waals surface area contributed by atoms with Crippen molar-refractivity contribution in [2.24, 2.45) is 5.92 Å². The van der Waals surface area contributed by atoms with Crippen LogP contribution in [0, 0.1) is 5.92 Å². The Balaban J connectivity index is 2.17. The molecule has 1 amide bonds. The van der Waals surface area contributed by atoms with E-state index in [1.165, 1.54) is 6.42 Å². The number of carbonyl (C=O) groups excluding carboxylic acids is 1. The van der Waals surface area contributed by atoms with Crippen molar-refractivity contribution < 1.29 is 9.90 Å². The van der Waals surface area contributed by atoms with Gasteiger partial charge in [0.2, 0.25) is 0 Å². The number of hydrogen-bond acceptors (Lipinski definition) is 3. The van der Waals surface area contributed by atoms with Gasteiger partial charge in [0.15, 0.2) is 0 Å². The lowest BCUT2D eigenvalue weighted by molar-refractivity contribution is 0.0694. The van der Waals surface area contributed by atoms with E-state index in [0.29, 0.717) is 11.5 Å². The highest BCUT2D eigenvalue weighted by Gasteiger charge is 2.36. The molecule has 1 aliphatic carbocycles. The Kier molecular flexibility index (Phi) is 5.11. The Morgan fingerprint density at radius 1 is 1.50 bits per heavy atom. The topological polar surface area (TPSA) is 49.3 Å². The minimum absolute atomic E-state index is 0.0184. The number of amides is 1. The third-order valence-corrected chi connectivity index (χ3v) is 4.92. The van der Waals surface area contributed by atoms with E-state index in [2.05, 4.69) is 12.2 Å². The minimum Gasteiger partial charge on any atom is -0.394 e. The molecule has 2 atom stereocenters. The monoisotopic (exact) mass is 293 g/mol. The first-order valence-corrected chi connectivity index (χ1v) is 8.39. The summed E-state index contributed by atoms with van der Waals surface area (Å²) in [6, 6.07) is 7.62. The smallest absolute Gasteiger partial charge is 0.252 e. The van der Waals surface area contributed by atoms with Gasteiger partial charge in [0.05, 0.1) is 17.7 Å². The van der Waals surface area contributed by atoms with Crippen LogP contribution in [0.2, 0.25) is 0 Å². The Morgan fingerprint density at radius 2 is 2.25 bits per heavy atom. The molecule has 0 saturated heterocycles. The zero-order chi connectivity index (χ0) is 14.6.